The molecule has 0 saturated heterocycles. The molecule has 0 fully saturated rings. The highest BCUT2D eigenvalue weighted by Gasteiger charge is 2.15. The average molecular weight is 287 g/mol. The van der Waals surface area contributed by atoms with Gasteiger partial charge < -0.3 is 14.8 Å². The third kappa shape index (κ3) is 2.84. The van der Waals surface area contributed by atoms with E-state index in [1.165, 1.54) is 0 Å². The van der Waals surface area contributed by atoms with Crippen LogP contribution >= 0.6 is 0 Å². The van der Waals surface area contributed by atoms with Crippen molar-refractivity contribution in [2.75, 3.05) is 6.79 Å². The summed E-state index contributed by atoms with van der Waals surface area (Å²) < 4.78 is 10.6. The number of benzene rings is 1. The number of H-pyrrole nitrogens is 1. The fourth-order valence-electron chi connectivity index (χ4n) is 2.07. The second-order valence-corrected chi connectivity index (χ2v) is 5.23. The maximum Gasteiger partial charge on any atom is 0.272 e. The molecule has 6 nitrogen and oxygen atoms in total. The van der Waals surface area contributed by atoms with Crippen LogP contribution in [0.5, 0.6) is 11.5 Å². The number of amides is 1. The average Bonchev–Trinajstić information content (AvgIpc) is 3.12. The number of nitrogens with one attached hydrogen (secondary N) is 2. The van der Waals surface area contributed by atoms with Crippen LogP contribution in [0.2, 0.25) is 0 Å². The van der Waals surface area contributed by atoms with E-state index in [2.05, 4.69) is 15.5 Å². The molecular weight excluding hydrogens is 270 g/mol. The lowest BCUT2D eigenvalue weighted by molar-refractivity contribution is 0.0946. The number of aromatic amines is 1. The number of carbonyl (C=O) groups excluding carboxylic acids is 1. The molecule has 2 N–H and O–H groups in total. The quantitative estimate of drug-likeness (QED) is 0.903. The van der Waals surface area contributed by atoms with E-state index in [0.29, 0.717) is 23.9 Å². The molecule has 0 atom stereocenters. The predicted octanol–water partition coefficient (Wildman–Crippen LogP) is 2.19. The standard InChI is InChI=1S/C15H17N3O3/c1-9(2)11-6-12(18-17-11)15(19)16-7-10-3-4-13-14(5-10)21-8-20-13/h3-6,9H,7-8H2,1-2H3,(H,16,19)(H,17,18). The maximum absolute atomic E-state index is 12.0. The molecule has 21 heavy (non-hydrogen) atoms. The first-order chi connectivity index (χ1) is 10.1. The molecule has 0 aliphatic carbocycles. The summed E-state index contributed by atoms with van der Waals surface area (Å²) in [6.07, 6.45) is 0. The van der Waals surface area contributed by atoms with Crippen LogP contribution in [0, 0.1) is 0 Å². The van der Waals surface area contributed by atoms with E-state index in [4.69, 9.17) is 9.47 Å². The summed E-state index contributed by atoms with van der Waals surface area (Å²) in [6.45, 7) is 4.75. The van der Waals surface area contributed by atoms with Crippen molar-refractivity contribution in [1.82, 2.24) is 15.5 Å². The normalized spacial score (nSPS) is 12.7. The number of carbonyl (C=O) groups is 1. The Kier molecular flexibility index (Phi) is 3.51. The lowest BCUT2D eigenvalue weighted by atomic mass is 10.1. The van der Waals surface area contributed by atoms with Crippen molar-refractivity contribution >= 4 is 5.91 Å². The molecule has 2 heterocycles. The van der Waals surface area contributed by atoms with Crippen LogP contribution in [-0.4, -0.2) is 22.9 Å². The minimum absolute atomic E-state index is 0.198. The van der Waals surface area contributed by atoms with Crippen LogP contribution in [-0.2, 0) is 6.54 Å². The number of nitrogens with zero attached hydrogens (tertiary/aromatic N) is 1. The molecule has 0 unspecified atom stereocenters. The summed E-state index contributed by atoms with van der Waals surface area (Å²) in [5, 5.41) is 9.74. The lowest BCUT2D eigenvalue weighted by Gasteiger charge is -2.04. The fourth-order valence-corrected chi connectivity index (χ4v) is 2.07. The summed E-state index contributed by atoms with van der Waals surface area (Å²) >= 11 is 0. The van der Waals surface area contributed by atoms with E-state index < -0.39 is 0 Å². The molecule has 1 aliphatic rings. The van der Waals surface area contributed by atoms with Crippen LogP contribution in [0.3, 0.4) is 0 Å². The fraction of sp³-hybridized carbons (Fsp3) is 0.333. The Bertz CT molecular complexity index is 664. The first-order valence-electron chi connectivity index (χ1n) is 6.85. The zero-order valence-corrected chi connectivity index (χ0v) is 12.0. The van der Waals surface area contributed by atoms with Gasteiger partial charge in [-0.1, -0.05) is 19.9 Å². The Morgan fingerprint density at radius 1 is 1.33 bits per heavy atom. The van der Waals surface area contributed by atoms with Crippen molar-refractivity contribution in [3.63, 3.8) is 0 Å². The van der Waals surface area contributed by atoms with Crippen molar-refractivity contribution in [2.45, 2.75) is 26.3 Å². The van der Waals surface area contributed by atoms with Gasteiger partial charge in [0, 0.05) is 12.2 Å². The van der Waals surface area contributed by atoms with Gasteiger partial charge in [-0.15, -0.1) is 0 Å². The summed E-state index contributed by atoms with van der Waals surface area (Å²) in [4.78, 5) is 12.0. The smallest absolute Gasteiger partial charge is 0.272 e. The van der Waals surface area contributed by atoms with Gasteiger partial charge in [-0.3, -0.25) is 9.89 Å². The number of hydrogen-bond acceptors (Lipinski definition) is 4. The van der Waals surface area contributed by atoms with Gasteiger partial charge in [-0.25, -0.2) is 0 Å². The zero-order chi connectivity index (χ0) is 14.8. The molecule has 1 aromatic heterocycles. The highest BCUT2D eigenvalue weighted by atomic mass is 16.7. The molecule has 110 valence electrons. The van der Waals surface area contributed by atoms with Crippen LogP contribution in [0.4, 0.5) is 0 Å². The van der Waals surface area contributed by atoms with Crippen LogP contribution in [0.15, 0.2) is 24.3 Å². The monoisotopic (exact) mass is 287 g/mol. The number of fused-ring (bicyclic) bond motifs is 1. The second-order valence-electron chi connectivity index (χ2n) is 5.23. The molecule has 0 saturated carbocycles. The molecule has 1 aliphatic heterocycles. The van der Waals surface area contributed by atoms with Crippen LogP contribution < -0.4 is 14.8 Å². The summed E-state index contributed by atoms with van der Waals surface area (Å²) in [6, 6.07) is 7.39. The molecule has 6 heteroatoms. The third-order valence-corrected chi connectivity index (χ3v) is 3.34. The van der Waals surface area contributed by atoms with Crippen LogP contribution in [0.25, 0.3) is 0 Å². The predicted molar refractivity (Wildman–Crippen MR) is 76.4 cm³/mol. The molecule has 3 rings (SSSR count). The van der Waals surface area contributed by atoms with E-state index >= 15 is 0 Å². The number of hydrogen-bond donors (Lipinski definition) is 2. The van der Waals surface area contributed by atoms with E-state index in [9.17, 15) is 4.79 Å². The van der Waals surface area contributed by atoms with Crippen molar-refractivity contribution in [2.24, 2.45) is 0 Å². The minimum atomic E-state index is -0.198. The molecule has 0 spiro atoms. The maximum atomic E-state index is 12.0. The minimum Gasteiger partial charge on any atom is -0.454 e. The van der Waals surface area contributed by atoms with Crippen LogP contribution in [0.1, 0.15) is 41.5 Å². The Morgan fingerprint density at radius 3 is 2.90 bits per heavy atom. The van der Waals surface area contributed by atoms with Gasteiger partial charge in [0.1, 0.15) is 5.69 Å². The molecule has 0 radical (unpaired) electrons. The number of rotatable bonds is 4. The Morgan fingerprint density at radius 2 is 2.14 bits per heavy atom. The highest BCUT2D eigenvalue weighted by Crippen LogP contribution is 2.32. The molecule has 2 aromatic rings. The van der Waals surface area contributed by atoms with Crippen molar-refractivity contribution in [1.29, 1.82) is 0 Å². The Balaban J connectivity index is 1.62. The van der Waals surface area contributed by atoms with Gasteiger partial charge in [0.2, 0.25) is 6.79 Å². The SMILES string of the molecule is CC(C)c1cc(C(=O)NCc2ccc3c(c2)OCO3)n[nH]1. The first kappa shape index (κ1) is 13.5. The molecule has 1 aromatic carbocycles. The Hall–Kier alpha value is -2.50. The van der Waals surface area contributed by atoms with Gasteiger partial charge in [0.25, 0.3) is 5.91 Å². The number of ether oxygens (including phenoxy) is 2. The lowest BCUT2D eigenvalue weighted by Crippen LogP contribution is -2.23. The topological polar surface area (TPSA) is 76.2 Å². The van der Waals surface area contributed by atoms with E-state index in [1.54, 1.807) is 6.07 Å². The summed E-state index contributed by atoms with van der Waals surface area (Å²) in [5.41, 5.74) is 2.30. The van der Waals surface area contributed by atoms with Gasteiger partial charge >= 0.3 is 0 Å². The van der Waals surface area contributed by atoms with Gasteiger partial charge in [-0.2, -0.15) is 5.10 Å². The van der Waals surface area contributed by atoms with E-state index in [-0.39, 0.29) is 12.7 Å². The van der Waals surface area contributed by atoms with Gasteiger partial charge in [-0.05, 0) is 29.7 Å². The molecular formula is C15H17N3O3. The second kappa shape index (κ2) is 5.47. The summed E-state index contributed by atoms with van der Waals surface area (Å²) in [7, 11) is 0. The zero-order valence-electron chi connectivity index (χ0n) is 12.0. The summed E-state index contributed by atoms with van der Waals surface area (Å²) in [5.74, 6) is 1.56. The number of aromatic nitrogens is 2. The van der Waals surface area contributed by atoms with Gasteiger partial charge in [0.15, 0.2) is 11.5 Å². The van der Waals surface area contributed by atoms with Crippen molar-refractivity contribution < 1.29 is 14.3 Å². The van der Waals surface area contributed by atoms with E-state index in [0.717, 1.165) is 17.0 Å². The first-order valence-corrected chi connectivity index (χ1v) is 6.85. The molecule has 0 bridgehead atoms. The third-order valence-electron chi connectivity index (χ3n) is 3.34. The Labute approximate surface area is 122 Å². The largest absolute Gasteiger partial charge is 0.454 e. The van der Waals surface area contributed by atoms with Crippen molar-refractivity contribution in [3.8, 4) is 11.5 Å². The molecule has 1 amide bonds. The highest BCUT2D eigenvalue weighted by molar-refractivity contribution is 5.92. The van der Waals surface area contributed by atoms with Gasteiger partial charge in [0.05, 0.1) is 0 Å². The van der Waals surface area contributed by atoms with Crippen molar-refractivity contribution in [3.05, 3.63) is 41.2 Å². The van der Waals surface area contributed by atoms with E-state index in [1.807, 2.05) is 32.0 Å².